The van der Waals surface area contributed by atoms with Crippen LogP contribution < -0.4 is 5.69 Å². The monoisotopic (exact) mass is 383 g/mol. The maximum Gasteiger partial charge on any atom is 0.416 e. The Labute approximate surface area is 155 Å². The second kappa shape index (κ2) is 6.98. The molecule has 27 heavy (non-hydrogen) atoms. The molecule has 0 atom stereocenters. The van der Waals surface area contributed by atoms with E-state index in [1.165, 1.54) is 13.0 Å². The molecule has 4 rings (SSSR count). The molecular weight excluding hydrogens is 359 g/mol. The number of aromatic nitrogens is 2. The normalized spacial score (nSPS) is 21.2. The number of aryl methyl sites for hydroxylation is 1. The highest BCUT2D eigenvalue weighted by Crippen LogP contribution is 2.35. The summed E-state index contributed by atoms with van der Waals surface area (Å²) in [6.45, 7) is 4.83. The van der Waals surface area contributed by atoms with E-state index in [1.807, 2.05) is 0 Å². The predicted octanol–water partition coefficient (Wildman–Crippen LogP) is 3.47. The van der Waals surface area contributed by atoms with E-state index in [2.05, 4.69) is 9.88 Å². The van der Waals surface area contributed by atoms with Crippen LogP contribution >= 0.6 is 0 Å². The van der Waals surface area contributed by atoms with Gasteiger partial charge in [0.2, 0.25) is 0 Å². The lowest BCUT2D eigenvalue weighted by Crippen LogP contribution is -2.45. The number of hydrogen-bond acceptors (Lipinski definition) is 3. The molecule has 0 saturated carbocycles. The van der Waals surface area contributed by atoms with Gasteiger partial charge in [0.1, 0.15) is 0 Å². The third-order valence-electron chi connectivity index (χ3n) is 5.94. The van der Waals surface area contributed by atoms with E-state index in [0.29, 0.717) is 11.6 Å². The van der Waals surface area contributed by atoms with Crippen molar-refractivity contribution in [3.8, 4) is 0 Å². The Morgan fingerprint density at radius 1 is 1.07 bits per heavy atom. The number of hydrogen-bond donors (Lipinski definition) is 1. The van der Waals surface area contributed by atoms with Gasteiger partial charge >= 0.3 is 11.9 Å². The lowest BCUT2D eigenvalue weighted by molar-refractivity contribution is -0.137. The summed E-state index contributed by atoms with van der Waals surface area (Å²) in [5, 5.41) is 0. The number of piperidine rings is 1. The number of alkyl halides is 3. The highest BCUT2D eigenvalue weighted by Gasteiger charge is 2.34. The molecule has 148 valence electrons. The minimum Gasteiger partial charge on any atom is -0.381 e. The summed E-state index contributed by atoms with van der Waals surface area (Å²) in [5.74, 6) is 0. The zero-order valence-corrected chi connectivity index (χ0v) is 15.3. The number of benzene rings is 1. The number of H-pyrrole nitrogens is 1. The summed E-state index contributed by atoms with van der Waals surface area (Å²) in [7, 11) is 0. The smallest absolute Gasteiger partial charge is 0.381 e. The molecule has 1 aromatic carbocycles. The third-order valence-corrected chi connectivity index (χ3v) is 5.94. The topological polar surface area (TPSA) is 50.3 Å². The number of rotatable bonds is 2. The van der Waals surface area contributed by atoms with Crippen LogP contribution in [0.5, 0.6) is 0 Å². The van der Waals surface area contributed by atoms with Crippen LogP contribution in [0.15, 0.2) is 16.9 Å². The Bertz CT molecular complexity index is 873. The fourth-order valence-corrected chi connectivity index (χ4v) is 4.50. The van der Waals surface area contributed by atoms with Crippen LogP contribution in [0.1, 0.15) is 42.9 Å². The first-order valence-corrected chi connectivity index (χ1v) is 9.48. The molecule has 1 aromatic heterocycles. The molecule has 2 aromatic rings. The molecule has 0 amide bonds. The van der Waals surface area contributed by atoms with Crippen molar-refractivity contribution in [2.75, 3.05) is 26.3 Å². The molecular formula is C19H24F3N3O2. The van der Waals surface area contributed by atoms with Gasteiger partial charge in [-0.05, 0) is 50.3 Å². The highest BCUT2D eigenvalue weighted by molar-refractivity contribution is 5.77. The van der Waals surface area contributed by atoms with Gasteiger partial charge in [-0.15, -0.1) is 0 Å². The largest absolute Gasteiger partial charge is 0.416 e. The van der Waals surface area contributed by atoms with Crippen LogP contribution in [0.4, 0.5) is 13.2 Å². The quantitative estimate of drug-likeness (QED) is 0.864. The van der Waals surface area contributed by atoms with Crippen LogP contribution in [0.3, 0.4) is 0 Å². The van der Waals surface area contributed by atoms with E-state index >= 15 is 0 Å². The Morgan fingerprint density at radius 3 is 2.37 bits per heavy atom. The van der Waals surface area contributed by atoms with Crippen LogP contribution in [-0.2, 0) is 10.9 Å². The Morgan fingerprint density at radius 2 is 1.74 bits per heavy atom. The van der Waals surface area contributed by atoms with Crippen molar-refractivity contribution in [1.82, 2.24) is 14.5 Å². The fraction of sp³-hybridized carbons (Fsp3) is 0.632. The van der Waals surface area contributed by atoms with Gasteiger partial charge in [0.25, 0.3) is 0 Å². The summed E-state index contributed by atoms with van der Waals surface area (Å²) >= 11 is 0. The first kappa shape index (κ1) is 18.6. The molecule has 1 N–H and O–H groups in total. The summed E-state index contributed by atoms with van der Waals surface area (Å²) in [6, 6.07) is 3.09. The molecule has 2 aliphatic rings. The first-order chi connectivity index (χ1) is 12.8. The third kappa shape index (κ3) is 3.52. The van der Waals surface area contributed by atoms with Crippen LogP contribution in [-0.4, -0.2) is 46.8 Å². The van der Waals surface area contributed by atoms with Gasteiger partial charge in [0.15, 0.2) is 0 Å². The van der Waals surface area contributed by atoms with Gasteiger partial charge in [-0.25, -0.2) is 4.79 Å². The minimum absolute atomic E-state index is 0.0125. The first-order valence-electron chi connectivity index (χ1n) is 9.48. The zero-order valence-electron chi connectivity index (χ0n) is 15.3. The van der Waals surface area contributed by atoms with Crippen molar-refractivity contribution < 1.29 is 17.9 Å². The molecule has 2 aliphatic heterocycles. The zero-order chi connectivity index (χ0) is 19.2. The molecule has 3 heterocycles. The molecule has 0 bridgehead atoms. The SMILES string of the molecule is Cc1cc2c(cc1C(F)(F)F)[nH]c(=O)n2C1CCN(C2CCOCC2)CC1. The number of ether oxygens (including phenoxy) is 1. The molecule has 2 saturated heterocycles. The van der Waals surface area contributed by atoms with Gasteiger partial charge in [-0.1, -0.05) is 0 Å². The van der Waals surface area contributed by atoms with E-state index in [-0.39, 0.29) is 22.8 Å². The molecule has 0 radical (unpaired) electrons. The lowest BCUT2D eigenvalue weighted by atomic mass is 9.99. The van der Waals surface area contributed by atoms with Crippen LogP contribution in [0.25, 0.3) is 11.0 Å². The Balaban J connectivity index is 1.58. The van der Waals surface area contributed by atoms with Gasteiger partial charge < -0.3 is 14.6 Å². The maximum atomic E-state index is 13.1. The van der Waals surface area contributed by atoms with Crippen molar-refractivity contribution in [1.29, 1.82) is 0 Å². The minimum atomic E-state index is -4.42. The molecule has 0 unspecified atom stereocenters. The van der Waals surface area contributed by atoms with E-state index in [0.717, 1.165) is 58.1 Å². The van der Waals surface area contributed by atoms with E-state index in [9.17, 15) is 18.0 Å². The van der Waals surface area contributed by atoms with Crippen LogP contribution in [0.2, 0.25) is 0 Å². The number of likely N-dealkylation sites (tertiary alicyclic amines) is 1. The Hall–Kier alpha value is -1.80. The fourth-order valence-electron chi connectivity index (χ4n) is 4.50. The molecule has 8 heteroatoms. The predicted molar refractivity (Wildman–Crippen MR) is 96.0 cm³/mol. The van der Waals surface area contributed by atoms with Crippen LogP contribution in [0, 0.1) is 6.92 Å². The van der Waals surface area contributed by atoms with Crippen molar-refractivity contribution in [2.24, 2.45) is 0 Å². The Kier molecular flexibility index (Phi) is 4.80. The van der Waals surface area contributed by atoms with E-state index < -0.39 is 11.7 Å². The van der Waals surface area contributed by atoms with E-state index in [1.54, 1.807) is 4.57 Å². The van der Waals surface area contributed by atoms with Crippen molar-refractivity contribution in [3.63, 3.8) is 0 Å². The number of nitrogens with zero attached hydrogens (tertiary/aromatic N) is 2. The summed E-state index contributed by atoms with van der Waals surface area (Å²) in [6.07, 6.45) is -0.699. The van der Waals surface area contributed by atoms with Gasteiger partial charge in [0.05, 0.1) is 16.6 Å². The molecule has 0 aliphatic carbocycles. The standard InChI is InChI=1S/C19H24F3N3O2/c1-12-10-17-16(11-15(12)19(20,21)22)23-18(26)25(17)14-2-6-24(7-3-14)13-4-8-27-9-5-13/h10-11,13-14H,2-9H2,1H3,(H,23,26). The van der Waals surface area contributed by atoms with Gasteiger partial charge in [-0.3, -0.25) is 4.57 Å². The number of halogens is 3. The number of imidazole rings is 1. The second-order valence-electron chi connectivity index (χ2n) is 7.59. The molecule has 2 fully saturated rings. The lowest BCUT2D eigenvalue weighted by Gasteiger charge is -2.39. The number of aromatic amines is 1. The maximum absolute atomic E-state index is 13.1. The van der Waals surface area contributed by atoms with Gasteiger partial charge in [-0.2, -0.15) is 13.2 Å². The number of nitrogens with one attached hydrogen (secondary N) is 1. The average Bonchev–Trinajstić information content (AvgIpc) is 2.96. The molecule has 5 nitrogen and oxygen atoms in total. The van der Waals surface area contributed by atoms with Crippen molar-refractivity contribution in [2.45, 2.75) is 50.9 Å². The highest BCUT2D eigenvalue weighted by atomic mass is 19.4. The van der Waals surface area contributed by atoms with Crippen molar-refractivity contribution >= 4 is 11.0 Å². The second-order valence-corrected chi connectivity index (χ2v) is 7.59. The number of fused-ring (bicyclic) bond motifs is 1. The average molecular weight is 383 g/mol. The van der Waals surface area contributed by atoms with E-state index in [4.69, 9.17) is 4.74 Å². The summed E-state index contributed by atoms with van der Waals surface area (Å²) in [4.78, 5) is 17.6. The van der Waals surface area contributed by atoms with Gasteiger partial charge in [0, 0.05) is 38.4 Å². The molecule has 0 spiro atoms. The summed E-state index contributed by atoms with van der Waals surface area (Å²) in [5.41, 5.74) is -0.0619. The summed E-state index contributed by atoms with van der Waals surface area (Å²) < 4.78 is 46.5. The van der Waals surface area contributed by atoms with Crippen molar-refractivity contribution in [3.05, 3.63) is 33.7 Å².